The summed E-state index contributed by atoms with van der Waals surface area (Å²) in [5.41, 5.74) is 3.46. The van der Waals surface area contributed by atoms with Gasteiger partial charge in [-0.15, -0.1) is 11.3 Å². The Labute approximate surface area is 152 Å². The van der Waals surface area contributed by atoms with Crippen molar-refractivity contribution in [3.05, 3.63) is 71.3 Å². The smallest absolute Gasteiger partial charge is 0.267 e. The Kier molecular flexibility index (Phi) is 4.67. The largest absolute Gasteiger partial charge is 0.273 e. The third-order valence-electron chi connectivity index (χ3n) is 3.85. The summed E-state index contributed by atoms with van der Waals surface area (Å²) in [6.07, 6.45) is 1.79. The molecule has 0 saturated carbocycles. The van der Waals surface area contributed by atoms with E-state index in [-0.39, 0.29) is 11.1 Å². The van der Waals surface area contributed by atoms with Gasteiger partial charge in [0.2, 0.25) is 0 Å². The van der Waals surface area contributed by atoms with Crippen molar-refractivity contribution in [1.82, 2.24) is 4.57 Å². The lowest BCUT2D eigenvalue weighted by molar-refractivity contribution is 0.983. The van der Waals surface area contributed by atoms with Crippen molar-refractivity contribution < 1.29 is 0 Å². The molecule has 0 aliphatic rings. The van der Waals surface area contributed by atoms with Gasteiger partial charge in [0.15, 0.2) is 5.57 Å². The summed E-state index contributed by atoms with van der Waals surface area (Å²) < 4.78 is 2.31. The molecule has 0 radical (unpaired) electrons. The van der Waals surface area contributed by atoms with Crippen LogP contribution in [0.5, 0.6) is 0 Å². The van der Waals surface area contributed by atoms with E-state index < -0.39 is 0 Å². The summed E-state index contributed by atoms with van der Waals surface area (Å²) in [5, 5.41) is 22.4. The molecule has 0 saturated heterocycles. The molecule has 2 heterocycles. The third kappa shape index (κ3) is 3.18. The lowest BCUT2D eigenvalue weighted by Crippen LogP contribution is -2.30. The summed E-state index contributed by atoms with van der Waals surface area (Å²) >= 11 is 2.71. The van der Waals surface area contributed by atoms with Crippen molar-refractivity contribution in [2.75, 3.05) is 0 Å². The van der Waals surface area contributed by atoms with E-state index in [2.05, 4.69) is 0 Å². The molecule has 0 N–H and O–H groups in total. The molecule has 0 atom stereocenters. The summed E-state index contributed by atoms with van der Waals surface area (Å²) in [6.45, 7) is 3.96. The highest BCUT2D eigenvalue weighted by molar-refractivity contribution is 7.08. The van der Waals surface area contributed by atoms with Crippen molar-refractivity contribution in [3.8, 4) is 17.8 Å². The summed E-state index contributed by atoms with van der Waals surface area (Å²) in [5.74, 6) is 0. The highest BCUT2D eigenvalue weighted by Crippen LogP contribution is 2.12. The second kappa shape index (κ2) is 6.90. The molecule has 0 unspecified atom stereocenters. The molecule has 0 spiro atoms. The SMILES string of the molecule is Cc1ccc(-n2c(=C(C#N)C#N)s/c(=C/c3ccsc3)c2=O)cc1C. The van der Waals surface area contributed by atoms with E-state index in [9.17, 15) is 15.3 Å². The fraction of sp³-hybridized carbons (Fsp3) is 0.105. The number of thiazole rings is 1. The Balaban J connectivity index is 2.42. The first-order chi connectivity index (χ1) is 12.0. The summed E-state index contributed by atoms with van der Waals surface area (Å²) in [6, 6.07) is 11.4. The standard InChI is InChI=1S/C19H13N3OS2/c1-12-3-4-16(7-13(12)2)22-18(23)17(8-14-5-6-24-11-14)25-19(22)15(9-20)10-21/h3-8,11H,1-2H3/b17-8+. The molecule has 0 amide bonds. The van der Waals surface area contributed by atoms with E-state index in [4.69, 9.17) is 0 Å². The number of aryl methyl sites for hydroxylation is 2. The Morgan fingerprint density at radius 1 is 1.16 bits per heavy atom. The molecule has 0 fully saturated rings. The van der Waals surface area contributed by atoms with Crippen LogP contribution in [0.3, 0.4) is 0 Å². The molecule has 122 valence electrons. The normalized spacial score (nSPS) is 11.1. The fourth-order valence-corrected chi connectivity index (χ4v) is 4.05. The van der Waals surface area contributed by atoms with Gasteiger partial charge in [-0.2, -0.15) is 21.9 Å². The molecule has 3 rings (SSSR count). The Morgan fingerprint density at radius 2 is 1.92 bits per heavy atom. The zero-order chi connectivity index (χ0) is 18.0. The molecule has 1 aromatic carbocycles. The second-order valence-electron chi connectivity index (χ2n) is 5.48. The first-order valence-electron chi connectivity index (χ1n) is 7.43. The third-order valence-corrected chi connectivity index (χ3v) is 5.64. The van der Waals surface area contributed by atoms with Gasteiger partial charge in [0.05, 0.1) is 10.2 Å². The minimum Gasteiger partial charge on any atom is -0.267 e. The van der Waals surface area contributed by atoms with Gasteiger partial charge in [0, 0.05) is 0 Å². The van der Waals surface area contributed by atoms with Gasteiger partial charge in [-0.3, -0.25) is 9.36 Å². The van der Waals surface area contributed by atoms with Crippen LogP contribution in [-0.2, 0) is 0 Å². The molecule has 4 nitrogen and oxygen atoms in total. The van der Waals surface area contributed by atoms with Crippen LogP contribution < -0.4 is 14.8 Å². The number of aromatic nitrogens is 1. The fourth-order valence-electron chi connectivity index (χ4n) is 2.38. The van der Waals surface area contributed by atoms with Crippen molar-refractivity contribution in [3.63, 3.8) is 0 Å². The maximum atomic E-state index is 13.0. The number of hydrogen-bond donors (Lipinski definition) is 0. The van der Waals surface area contributed by atoms with Crippen LogP contribution >= 0.6 is 22.7 Å². The quantitative estimate of drug-likeness (QED) is 0.703. The molecule has 0 aliphatic carbocycles. The van der Waals surface area contributed by atoms with Crippen molar-refractivity contribution in [2.24, 2.45) is 0 Å². The van der Waals surface area contributed by atoms with Crippen LogP contribution in [0.25, 0.3) is 17.3 Å². The highest BCUT2D eigenvalue weighted by atomic mass is 32.1. The van der Waals surface area contributed by atoms with Gasteiger partial charge in [-0.05, 0) is 65.6 Å². The second-order valence-corrected chi connectivity index (χ2v) is 7.29. The monoisotopic (exact) mass is 363 g/mol. The topological polar surface area (TPSA) is 69.6 Å². The number of hydrogen-bond acceptors (Lipinski definition) is 5. The van der Waals surface area contributed by atoms with Gasteiger partial charge in [0.25, 0.3) is 5.56 Å². The summed E-state index contributed by atoms with van der Waals surface area (Å²) in [4.78, 5) is 13.0. The zero-order valence-electron chi connectivity index (χ0n) is 13.6. The van der Waals surface area contributed by atoms with E-state index >= 15 is 0 Å². The molecular formula is C19H13N3OS2. The van der Waals surface area contributed by atoms with E-state index in [1.165, 1.54) is 4.57 Å². The molecule has 3 aromatic rings. The average molecular weight is 363 g/mol. The molecule has 6 heteroatoms. The predicted octanol–water partition coefficient (Wildman–Crippen LogP) is 2.60. The van der Waals surface area contributed by atoms with Gasteiger partial charge < -0.3 is 0 Å². The van der Waals surface area contributed by atoms with Crippen LogP contribution in [0.1, 0.15) is 16.7 Å². The van der Waals surface area contributed by atoms with Gasteiger partial charge >= 0.3 is 0 Å². The van der Waals surface area contributed by atoms with Gasteiger partial charge in [-0.25, -0.2) is 0 Å². The molecular weight excluding hydrogens is 350 g/mol. The van der Waals surface area contributed by atoms with E-state index in [0.717, 1.165) is 28.0 Å². The van der Waals surface area contributed by atoms with Crippen LogP contribution in [0.2, 0.25) is 0 Å². The number of rotatable bonds is 2. The minimum absolute atomic E-state index is 0.0645. The Morgan fingerprint density at radius 3 is 2.52 bits per heavy atom. The van der Waals surface area contributed by atoms with E-state index in [1.807, 2.05) is 61.0 Å². The van der Waals surface area contributed by atoms with E-state index in [1.54, 1.807) is 17.4 Å². The molecule has 0 aliphatic heterocycles. The van der Waals surface area contributed by atoms with Crippen LogP contribution in [0.4, 0.5) is 0 Å². The maximum absolute atomic E-state index is 13.0. The first-order valence-corrected chi connectivity index (χ1v) is 9.19. The van der Waals surface area contributed by atoms with Gasteiger partial charge in [-0.1, -0.05) is 6.07 Å². The lowest BCUT2D eigenvalue weighted by atomic mass is 10.1. The lowest BCUT2D eigenvalue weighted by Gasteiger charge is -2.06. The average Bonchev–Trinajstić information content (AvgIpc) is 3.21. The highest BCUT2D eigenvalue weighted by Gasteiger charge is 2.12. The zero-order valence-corrected chi connectivity index (χ0v) is 15.2. The number of benzene rings is 1. The first kappa shape index (κ1) is 16.9. The number of nitrogens with zero attached hydrogens (tertiary/aromatic N) is 3. The van der Waals surface area contributed by atoms with Gasteiger partial charge in [0.1, 0.15) is 16.8 Å². The number of nitriles is 2. The minimum atomic E-state index is -0.225. The Hall–Kier alpha value is -2.93. The van der Waals surface area contributed by atoms with Crippen molar-refractivity contribution in [1.29, 1.82) is 10.5 Å². The molecule has 0 bridgehead atoms. The van der Waals surface area contributed by atoms with Crippen LogP contribution in [0.15, 0.2) is 39.8 Å². The molecule has 2 aromatic heterocycles. The van der Waals surface area contributed by atoms with E-state index in [0.29, 0.717) is 14.9 Å². The Bertz CT molecular complexity index is 1180. The van der Waals surface area contributed by atoms with Crippen molar-refractivity contribution >= 4 is 34.3 Å². The summed E-state index contributed by atoms with van der Waals surface area (Å²) in [7, 11) is 0. The number of thiophene rings is 1. The molecule has 25 heavy (non-hydrogen) atoms. The predicted molar refractivity (Wildman–Crippen MR) is 101 cm³/mol. The van der Waals surface area contributed by atoms with Crippen molar-refractivity contribution in [2.45, 2.75) is 13.8 Å². The maximum Gasteiger partial charge on any atom is 0.273 e. The van der Waals surface area contributed by atoms with Crippen LogP contribution in [0, 0.1) is 36.5 Å². The van der Waals surface area contributed by atoms with Crippen LogP contribution in [-0.4, -0.2) is 4.57 Å².